The van der Waals surface area contributed by atoms with Crippen LogP contribution in [0.5, 0.6) is 11.5 Å². The molecule has 4 aromatic rings. The van der Waals surface area contributed by atoms with Crippen molar-refractivity contribution >= 4 is 33.1 Å². The smallest absolute Gasteiger partial charge is 0.257 e. The summed E-state index contributed by atoms with van der Waals surface area (Å²) < 4.78 is 10.7. The molecule has 0 aliphatic carbocycles. The first-order valence-electron chi connectivity index (χ1n) is 8.42. The second kappa shape index (κ2) is 6.41. The van der Waals surface area contributed by atoms with E-state index in [4.69, 9.17) is 9.47 Å². The van der Waals surface area contributed by atoms with Crippen LogP contribution < -0.4 is 14.8 Å². The Balaban J connectivity index is 1.37. The highest BCUT2D eigenvalue weighted by Crippen LogP contribution is 2.36. The van der Waals surface area contributed by atoms with Gasteiger partial charge in [0.2, 0.25) is 6.79 Å². The summed E-state index contributed by atoms with van der Waals surface area (Å²) >= 11 is 1.39. The first kappa shape index (κ1) is 15.8. The maximum Gasteiger partial charge on any atom is 0.257 e. The Bertz CT molecular complexity index is 1170. The fraction of sp³-hybridized carbons (Fsp3) is 0.0476. The van der Waals surface area contributed by atoms with Gasteiger partial charge < -0.3 is 9.47 Å². The number of ether oxygens (including phenoxy) is 2. The third-order valence-electron chi connectivity index (χ3n) is 4.40. The van der Waals surface area contributed by atoms with E-state index < -0.39 is 0 Å². The molecule has 6 heteroatoms. The highest BCUT2D eigenvalue weighted by molar-refractivity contribution is 7.14. The van der Waals surface area contributed by atoms with Gasteiger partial charge in [0.1, 0.15) is 0 Å². The number of hydrogen-bond acceptors (Lipinski definition) is 5. The van der Waals surface area contributed by atoms with Crippen molar-refractivity contribution in [1.82, 2.24) is 4.98 Å². The zero-order valence-corrected chi connectivity index (χ0v) is 15.0. The van der Waals surface area contributed by atoms with E-state index in [1.54, 1.807) is 0 Å². The quantitative estimate of drug-likeness (QED) is 0.551. The van der Waals surface area contributed by atoms with Gasteiger partial charge in [-0.05, 0) is 41.1 Å². The van der Waals surface area contributed by atoms with Crippen LogP contribution in [-0.2, 0) is 0 Å². The van der Waals surface area contributed by atoms with Gasteiger partial charge in [0.05, 0.1) is 5.69 Å². The standard InChI is InChI=1S/C21H14N2O3S/c24-20(16-6-5-13-3-1-2-4-14(13)9-16)23-21-22-17(11-27-21)15-7-8-18-19(10-15)26-12-25-18/h1-11H,12H2,(H,22,23,24). The van der Waals surface area contributed by atoms with Gasteiger partial charge in [-0.3, -0.25) is 10.1 Å². The van der Waals surface area contributed by atoms with Crippen molar-refractivity contribution in [1.29, 1.82) is 0 Å². The van der Waals surface area contributed by atoms with E-state index in [2.05, 4.69) is 10.3 Å². The molecule has 0 saturated heterocycles. The van der Waals surface area contributed by atoms with Crippen LogP contribution in [0.15, 0.2) is 66.0 Å². The van der Waals surface area contributed by atoms with Gasteiger partial charge in [0.15, 0.2) is 16.6 Å². The van der Waals surface area contributed by atoms with E-state index in [1.165, 1.54) is 11.3 Å². The summed E-state index contributed by atoms with van der Waals surface area (Å²) in [7, 11) is 0. The topological polar surface area (TPSA) is 60.5 Å². The maximum absolute atomic E-state index is 12.6. The van der Waals surface area contributed by atoms with E-state index in [-0.39, 0.29) is 12.7 Å². The summed E-state index contributed by atoms with van der Waals surface area (Å²) in [5, 5.41) is 7.48. The lowest BCUT2D eigenvalue weighted by Crippen LogP contribution is -2.11. The first-order chi connectivity index (χ1) is 13.3. The molecule has 1 amide bonds. The van der Waals surface area contributed by atoms with E-state index >= 15 is 0 Å². The lowest BCUT2D eigenvalue weighted by Gasteiger charge is -2.04. The SMILES string of the molecule is O=C(Nc1nc(-c2ccc3c(c2)OCO3)cs1)c1ccc2ccccc2c1. The number of hydrogen-bond donors (Lipinski definition) is 1. The second-order valence-corrected chi connectivity index (χ2v) is 6.98. The highest BCUT2D eigenvalue weighted by atomic mass is 32.1. The van der Waals surface area contributed by atoms with Gasteiger partial charge in [-0.15, -0.1) is 11.3 Å². The monoisotopic (exact) mass is 374 g/mol. The molecule has 1 N–H and O–H groups in total. The number of benzene rings is 3. The average Bonchev–Trinajstić information content (AvgIpc) is 3.36. The molecule has 0 spiro atoms. The zero-order chi connectivity index (χ0) is 18.2. The number of nitrogens with one attached hydrogen (secondary N) is 1. The van der Waals surface area contributed by atoms with Crippen LogP contribution in [0.25, 0.3) is 22.0 Å². The molecule has 3 aromatic carbocycles. The number of carbonyl (C=O) groups excluding carboxylic acids is 1. The van der Waals surface area contributed by atoms with Crippen LogP contribution >= 0.6 is 11.3 Å². The molecule has 0 saturated carbocycles. The molecule has 132 valence electrons. The molecule has 1 aliphatic heterocycles. The fourth-order valence-electron chi connectivity index (χ4n) is 3.02. The summed E-state index contributed by atoms with van der Waals surface area (Å²) in [6.45, 7) is 0.239. The Morgan fingerprint density at radius 1 is 0.963 bits per heavy atom. The van der Waals surface area contributed by atoms with Gasteiger partial charge in [-0.2, -0.15) is 0 Å². The molecule has 27 heavy (non-hydrogen) atoms. The Hall–Kier alpha value is -3.38. The number of anilines is 1. The number of amides is 1. The number of fused-ring (bicyclic) bond motifs is 2. The van der Waals surface area contributed by atoms with Gasteiger partial charge in [0, 0.05) is 16.5 Å². The normalized spacial score (nSPS) is 12.3. The molecule has 5 nitrogen and oxygen atoms in total. The summed E-state index contributed by atoms with van der Waals surface area (Å²) in [5.41, 5.74) is 2.31. The fourth-order valence-corrected chi connectivity index (χ4v) is 3.73. The summed E-state index contributed by atoms with van der Waals surface area (Å²) in [5.74, 6) is 1.27. The molecule has 1 aromatic heterocycles. The lowest BCUT2D eigenvalue weighted by molar-refractivity contribution is 0.102. The van der Waals surface area contributed by atoms with Crippen LogP contribution in [0.4, 0.5) is 5.13 Å². The van der Waals surface area contributed by atoms with E-state index in [0.717, 1.165) is 27.8 Å². The van der Waals surface area contributed by atoms with Crippen molar-refractivity contribution in [2.45, 2.75) is 0 Å². The third-order valence-corrected chi connectivity index (χ3v) is 5.16. The second-order valence-electron chi connectivity index (χ2n) is 6.12. The molecule has 2 heterocycles. The van der Waals surface area contributed by atoms with Gasteiger partial charge in [0.25, 0.3) is 5.91 Å². The number of aromatic nitrogens is 1. The minimum Gasteiger partial charge on any atom is -0.454 e. The molecule has 0 radical (unpaired) electrons. The van der Waals surface area contributed by atoms with Crippen LogP contribution in [0.2, 0.25) is 0 Å². The van der Waals surface area contributed by atoms with Gasteiger partial charge >= 0.3 is 0 Å². The van der Waals surface area contributed by atoms with E-state index in [9.17, 15) is 4.79 Å². The predicted octanol–water partition coefficient (Wildman–Crippen LogP) is 4.94. The number of rotatable bonds is 3. The van der Waals surface area contributed by atoms with Crippen molar-refractivity contribution in [2.75, 3.05) is 12.1 Å². The molecule has 5 rings (SSSR count). The number of nitrogens with zero attached hydrogens (tertiary/aromatic N) is 1. The summed E-state index contributed by atoms with van der Waals surface area (Å²) in [6.07, 6.45) is 0. The summed E-state index contributed by atoms with van der Waals surface area (Å²) in [4.78, 5) is 17.1. The minimum atomic E-state index is -0.174. The molecular formula is C21H14N2O3S. The lowest BCUT2D eigenvalue weighted by atomic mass is 10.1. The van der Waals surface area contributed by atoms with Crippen LogP contribution in [0.1, 0.15) is 10.4 Å². The Kier molecular flexibility index (Phi) is 3.76. The Labute approximate surface area is 159 Å². The van der Waals surface area contributed by atoms with Crippen molar-refractivity contribution < 1.29 is 14.3 Å². The Morgan fingerprint density at radius 2 is 1.81 bits per heavy atom. The van der Waals surface area contributed by atoms with Crippen LogP contribution in [0.3, 0.4) is 0 Å². The predicted molar refractivity (Wildman–Crippen MR) is 106 cm³/mol. The molecule has 0 fully saturated rings. The van der Waals surface area contributed by atoms with Crippen LogP contribution in [0, 0.1) is 0 Å². The summed E-state index contributed by atoms with van der Waals surface area (Å²) in [6, 6.07) is 19.3. The van der Waals surface area contributed by atoms with Crippen LogP contribution in [-0.4, -0.2) is 17.7 Å². The van der Waals surface area contributed by atoms with Crippen molar-refractivity contribution in [2.24, 2.45) is 0 Å². The molecule has 1 aliphatic rings. The van der Waals surface area contributed by atoms with Gasteiger partial charge in [-0.1, -0.05) is 30.3 Å². The first-order valence-corrected chi connectivity index (χ1v) is 9.30. The molecular weight excluding hydrogens is 360 g/mol. The van der Waals surface area contributed by atoms with Gasteiger partial charge in [-0.25, -0.2) is 4.98 Å². The van der Waals surface area contributed by atoms with Crippen molar-refractivity contribution in [3.05, 3.63) is 71.6 Å². The van der Waals surface area contributed by atoms with E-state index in [0.29, 0.717) is 16.4 Å². The average molecular weight is 374 g/mol. The van der Waals surface area contributed by atoms with E-state index in [1.807, 2.05) is 66.0 Å². The minimum absolute atomic E-state index is 0.174. The Morgan fingerprint density at radius 3 is 2.74 bits per heavy atom. The van der Waals surface area contributed by atoms with Crippen molar-refractivity contribution in [3.63, 3.8) is 0 Å². The largest absolute Gasteiger partial charge is 0.454 e. The molecule has 0 bridgehead atoms. The highest BCUT2D eigenvalue weighted by Gasteiger charge is 2.16. The number of thiazole rings is 1. The van der Waals surface area contributed by atoms with Crippen molar-refractivity contribution in [3.8, 4) is 22.8 Å². The third kappa shape index (κ3) is 3.00. The maximum atomic E-state index is 12.6. The zero-order valence-electron chi connectivity index (χ0n) is 14.1. The molecule has 0 atom stereocenters. The molecule has 0 unspecified atom stereocenters. The number of carbonyl (C=O) groups is 1.